The van der Waals surface area contributed by atoms with Crippen LogP contribution in [0.3, 0.4) is 0 Å². The predicted molar refractivity (Wildman–Crippen MR) is 76.4 cm³/mol. The van der Waals surface area contributed by atoms with Gasteiger partial charge < -0.3 is 10.4 Å². The molecule has 0 spiro atoms. The second-order valence-electron chi connectivity index (χ2n) is 5.53. The maximum Gasteiger partial charge on any atom is 0.335 e. The molecule has 1 aliphatic rings. The first-order valence-electron chi connectivity index (χ1n) is 7.18. The van der Waals surface area contributed by atoms with Gasteiger partial charge >= 0.3 is 5.97 Å². The lowest BCUT2D eigenvalue weighted by atomic mass is 9.82. The summed E-state index contributed by atoms with van der Waals surface area (Å²) in [6.07, 6.45) is 5.11. The van der Waals surface area contributed by atoms with E-state index >= 15 is 0 Å². The molecule has 0 aliphatic heterocycles. The van der Waals surface area contributed by atoms with E-state index in [2.05, 4.69) is 12.2 Å². The number of benzene rings is 1. The van der Waals surface area contributed by atoms with Crippen molar-refractivity contribution >= 4 is 11.9 Å². The minimum Gasteiger partial charge on any atom is -0.478 e. The van der Waals surface area contributed by atoms with E-state index in [1.54, 1.807) is 24.3 Å². The topological polar surface area (TPSA) is 66.4 Å². The van der Waals surface area contributed by atoms with Gasteiger partial charge in [-0.05, 0) is 37.0 Å². The molecular formula is C16H21NO3. The SMILES string of the molecule is CCC1(C(=O)NCc2ccc(C(=O)O)cc2)CCCC1. The van der Waals surface area contributed by atoms with Gasteiger partial charge in [0.05, 0.1) is 5.56 Å². The molecule has 20 heavy (non-hydrogen) atoms. The molecular weight excluding hydrogens is 254 g/mol. The molecule has 2 N–H and O–H groups in total. The van der Waals surface area contributed by atoms with Crippen LogP contribution in [0.5, 0.6) is 0 Å². The minimum atomic E-state index is -0.934. The molecule has 0 heterocycles. The van der Waals surface area contributed by atoms with Gasteiger partial charge in [0.2, 0.25) is 5.91 Å². The first kappa shape index (κ1) is 14.6. The van der Waals surface area contributed by atoms with Gasteiger partial charge in [-0.3, -0.25) is 4.79 Å². The number of carboxylic acids is 1. The number of nitrogens with one attached hydrogen (secondary N) is 1. The molecule has 1 aromatic carbocycles. The van der Waals surface area contributed by atoms with Gasteiger partial charge in [0.25, 0.3) is 0 Å². The molecule has 0 bridgehead atoms. The molecule has 0 radical (unpaired) electrons. The smallest absolute Gasteiger partial charge is 0.335 e. The van der Waals surface area contributed by atoms with Gasteiger partial charge in [-0.2, -0.15) is 0 Å². The Labute approximate surface area is 119 Å². The van der Waals surface area contributed by atoms with E-state index in [1.807, 2.05) is 0 Å². The molecule has 4 nitrogen and oxygen atoms in total. The summed E-state index contributed by atoms with van der Waals surface area (Å²) in [7, 11) is 0. The summed E-state index contributed by atoms with van der Waals surface area (Å²) < 4.78 is 0. The van der Waals surface area contributed by atoms with E-state index in [0.717, 1.165) is 37.7 Å². The summed E-state index contributed by atoms with van der Waals surface area (Å²) in [6, 6.07) is 6.62. The summed E-state index contributed by atoms with van der Waals surface area (Å²) in [5, 5.41) is 11.8. The maximum absolute atomic E-state index is 12.3. The fourth-order valence-corrected chi connectivity index (χ4v) is 2.93. The molecule has 0 atom stereocenters. The fourth-order valence-electron chi connectivity index (χ4n) is 2.93. The monoisotopic (exact) mass is 275 g/mol. The lowest BCUT2D eigenvalue weighted by Gasteiger charge is -2.26. The number of hydrogen-bond acceptors (Lipinski definition) is 2. The Morgan fingerprint density at radius 1 is 1.20 bits per heavy atom. The summed E-state index contributed by atoms with van der Waals surface area (Å²) in [4.78, 5) is 23.1. The van der Waals surface area contributed by atoms with Crippen LogP contribution in [-0.2, 0) is 11.3 Å². The van der Waals surface area contributed by atoms with Crippen molar-refractivity contribution in [1.29, 1.82) is 0 Å². The summed E-state index contributed by atoms with van der Waals surface area (Å²) in [6.45, 7) is 2.53. The van der Waals surface area contributed by atoms with Crippen molar-refractivity contribution < 1.29 is 14.7 Å². The Balaban J connectivity index is 1.94. The second-order valence-corrected chi connectivity index (χ2v) is 5.53. The highest BCUT2D eigenvalue weighted by molar-refractivity contribution is 5.87. The number of hydrogen-bond donors (Lipinski definition) is 2. The van der Waals surface area contributed by atoms with E-state index in [-0.39, 0.29) is 16.9 Å². The number of carboxylic acid groups (broad SMARTS) is 1. The molecule has 1 amide bonds. The molecule has 2 rings (SSSR count). The summed E-state index contributed by atoms with van der Waals surface area (Å²) in [5.41, 5.74) is 1.01. The third kappa shape index (κ3) is 3.00. The Morgan fingerprint density at radius 3 is 2.30 bits per heavy atom. The Hall–Kier alpha value is -1.84. The molecule has 0 aromatic heterocycles. The number of aromatic carboxylic acids is 1. The number of amides is 1. The zero-order chi connectivity index (χ0) is 14.6. The molecule has 4 heteroatoms. The van der Waals surface area contributed by atoms with Gasteiger partial charge in [0.1, 0.15) is 0 Å². The highest BCUT2D eigenvalue weighted by Crippen LogP contribution is 2.41. The third-order valence-corrected chi connectivity index (χ3v) is 4.37. The molecule has 1 aliphatic carbocycles. The van der Waals surface area contributed by atoms with E-state index in [1.165, 1.54) is 0 Å². The van der Waals surface area contributed by atoms with Crippen molar-refractivity contribution in [2.75, 3.05) is 0 Å². The zero-order valence-electron chi connectivity index (χ0n) is 11.8. The molecule has 1 fully saturated rings. The Kier molecular flexibility index (Phi) is 4.42. The average Bonchev–Trinajstić information content (AvgIpc) is 2.95. The second kappa shape index (κ2) is 6.07. The molecule has 108 valence electrons. The first-order chi connectivity index (χ1) is 9.57. The van der Waals surface area contributed by atoms with Gasteiger partial charge in [-0.1, -0.05) is 31.9 Å². The van der Waals surface area contributed by atoms with E-state index in [0.29, 0.717) is 6.54 Å². The standard InChI is InChI=1S/C16H21NO3/c1-2-16(9-3-4-10-16)15(20)17-11-12-5-7-13(8-6-12)14(18)19/h5-8H,2-4,9-11H2,1H3,(H,17,20)(H,18,19). The number of rotatable bonds is 5. The lowest BCUT2D eigenvalue weighted by molar-refractivity contribution is -0.131. The quantitative estimate of drug-likeness (QED) is 0.868. The summed E-state index contributed by atoms with van der Waals surface area (Å²) >= 11 is 0. The van der Waals surface area contributed by atoms with E-state index in [9.17, 15) is 9.59 Å². The van der Waals surface area contributed by atoms with Crippen LogP contribution in [0.25, 0.3) is 0 Å². The Bertz CT molecular complexity index is 487. The Morgan fingerprint density at radius 2 is 1.80 bits per heavy atom. The normalized spacial score (nSPS) is 16.9. The van der Waals surface area contributed by atoms with Crippen molar-refractivity contribution in [2.24, 2.45) is 5.41 Å². The highest BCUT2D eigenvalue weighted by Gasteiger charge is 2.38. The third-order valence-electron chi connectivity index (χ3n) is 4.37. The van der Waals surface area contributed by atoms with Crippen LogP contribution >= 0.6 is 0 Å². The lowest BCUT2D eigenvalue weighted by Crippen LogP contribution is -2.38. The largest absolute Gasteiger partial charge is 0.478 e. The zero-order valence-corrected chi connectivity index (χ0v) is 11.8. The van der Waals surface area contributed by atoms with Crippen LogP contribution in [0.15, 0.2) is 24.3 Å². The van der Waals surface area contributed by atoms with Crippen molar-refractivity contribution in [2.45, 2.75) is 45.6 Å². The maximum atomic E-state index is 12.3. The van der Waals surface area contributed by atoms with Crippen LogP contribution in [0.1, 0.15) is 54.9 Å². The highest BCUT2D eigenvalue weighted by atomic mass is 16.4. The number of carbonyl (C=O) groups excluding carboxylic acids is 1. The van der Waals surface area contributed by atoms with Gasteiger partial charge in [0, 0.05) is 12.0 Å². The van der Waals surface area contributed by atoms with Crippen LogP contribution in [0.4, 0.5) is 0 Å². The fraction of sp³-hybridized carbons (Fsp3) is 0.500. The molecule has 1 saturated carbocycles. The number of carbonyl (C=O) groups is 2. The minimum absolute atomic E-state index is 0.139. The van der Waals surface area contributed by atoms with Crippen LogP contribution in [0.2, 0.25) is 0 Å². The van der Waals surface area contributed by atoms with Crippen molar-refractivity contribution in [3.8, 4) is 0 Å². The van der Waals surface area contributed by atoms with E-state index < -0.39 is 5.97 Å². The van der Waals surface area contributed by atoms with Crippen LogP contribution in [0, 0.1) is 5.41 Å². The molecule has 0 unspecified atom stereocenters. The average molecular weight is 275 g/mol. The van der Waals surface area contributed by atoms with Crippen LogP contribution < -0.4 is 5.32 Å². The van der Waals surface area contributed by atoms with Gasteiger partial charge in [0.15, 0.2) is 0 Å². The summed E-state index contributed by atoms with van der Waals surface area (Å²) in [5.74, 6) is -0.795. The first-order valence-corrected chi connectivity index (χ1v) is 7.18. The molecule has 1 aromatic rings. The van der Waals surface area contributed by atoms with Crippen molar-refractivity contribution in [3.05, 3.63) is 35.4 Å². The molecule has 0 saturated heterocycles. The van der Waals surface area contributed by atoms with Crippen molar-refractivity contribution in [1.82, 2.24) is 5.32 Å². The predicted octanol–water partition coefficient (Wildman–Crippen LogP) is 2.97. The van der Waals surface area contributed by atoms with E-state index in [4.69, 9.17) is 5.11 Å². The van der Waals surface area contributed by atoms with Crippen molar-refractivity contribution in [3.63, 3.8) is 0 Å². The van der Waals surface area contributed by atoms with Crippen LogP contribution in [-0.4, -0.2) is 17.0 Å². The van der Waals surface area contributed by atoms with Gasteiger partial charge in [-0.25, -0.2) is 4.79 Å². The van der Waals surface area contributed by atoms with Gasteiger partial charge in [-0.15, -0.1) is 0 Å².